The van der Waals surface area contributed by atoms with Gasteiger partial charge in [0.1, 0.15) is 23.0 Å². The van der Waals surface area contributed by atoms with Gasteiger partial charge in [0, 0.05) is 11.1 Å². The van der Waals surface area contributed by atoms with Crippen LogP contribution in [-0.4, -0.2) is 34.4 Å². The topological polar surface area (TPSA) is 113 Å². The first-order valence-corrected chi connectivity index (χ1v) is 23.9. The van der Waals surface area contributed by atoms with E-state index in [1.54, 1.807) is 26.4 Å². The molecule has 0 saturated carbocycles. The second kappa shape index (κ2) is 19.2. The predicted molar refractivity (Wildman–Crippen MR) is 274 cm³/mol. The Morgan fingerprint density at radius 1 is 0.433 bits per heavy atom. The van der Waals surface area contributed by atoms with Crippen molar-refractivity contribution in [2.45, 2.75) is 107 Å². The zero-order valence-electron chi connectivity index (χ0n) is 40.8. The van der Waals surface area contributed by atoms with E-state index >= 15 is 0 Å². The van der Waals surface area contributed by atoms with Crippen molar-refractivity contribution < 1.29 is 39.2 Å². The molecule has 8 nitrogen and oxygen atoms in total. The number of methoxy groups -OCH3 is 2. The number of fused-ring (bicyclic) bond motifs is 10. The smallest absolute Gasteiger partial charge is 0.657 e. The molecule has 338 valence electrons. The Kier molecular flexibility index (Phi) is 13.6. The number of phenolic OH excluding ortho intramolecular Hbond substituents is 2. The van der Waals surface area contributed by atoms with E-state index in [4.69, 9.17) is 29.4 Å². The summed E-state index contributed by atoms with van der Waals surface area (Å²) in [4.78, 5) is 22.7. The summed E-state index contributed by atoms with van der Waals surface area (Å²) in [6.07, 6.45) is 5.88. The molecule has 0 radical (unpaired) electrons. The molecule has 9 heteroatoms. The van der Waals surface area contributed by atoms with Crippen LogP contribution in [0.3, 0.4) is 0 Å². The van der Waals surface area contributed by atoms with Crippen molar-refractivity contribution in [3.8, 4) is 45.3 Å². The van der Waals surface area contributed by atoms with E-state index in [0.29, 0.717) is 22.6 Å². The number of allylic oxidation sites excluding steroid dienone is 4. The van der Waals surface area contributed by atoms with Crippen LogP contribution < -0.4 is 19.4 Å². The minimum atomic E-state index is 0. The molecule has 0 atom stereocenters. The zero-order chi connectivity index (χ0) is 46.6. The van der Waals surface area contributed by atoms with Gasteiger partial charge in [-0.25, -0.2) is 9.97 Å². The van der Waals surface area contributed by atoms with Crippen LogP contribution in [0.2, 0.25) is 0 Å². The first-order chi connectivity index (χ1) is 32.1. The fourth-order valence-electron chi connectivity index (χ4n) is 10.9. The van der Waals surface area contributed by atoms with E-state index in [0.717, 1.165) is 173 Å². The van der Waals surface area contributed by atoms with Crippen molar-refractivity contribution in [2.24, 2.45) is 0 Å². The minimum Gasteiger partial charge on any atom is -0.657 e. The first-order valence-electron chi connectivity index (χ1n) is 23.9. The van der Waals surface area contributed by atoms with Gasteiger partial charge in [0.25, 0.3) is 0 Å². The van der Waals surface area contributed by atoms with Crippen LogP contribution in [0, 0.1) is 0 Å². The van der Waals surface area contributed by atoms with Gasteiger partial charge in [-0.3, -0.25) is 0 Å². The van der Waals surface area contributed by atoms with E-state index in [-0.39, 0.29) is 31.0 Å². The second-order valence-corrected chi connectivity index (χ2v) is 17.2. The van der Waals surface area contributed by atoms with Gasteiger partial charge >= 0.3 is 19.5 Å². The van der Waals surface area contributed by atoms with Gasteiger partial charge in [-0.2, -0.15) is 0 Å². The minimum absolute atomic E-state index is 0. The molecule has 2 aliphatic rings. The summed E-state index contributed by atoms with van der Waals surface area (Å²) in [6, 6.07) is 23.9. The Hall–Kier alpha value is -6.18. The van der Waals surface area contributed by atoms with Crippen LogP contribution >= 0.6 is 0 Å². The molecule has 0 fully saturated rings. The van der Waals surface area contributed by atoms with Gasteiger partial charge < -0.3 is 29.7 Å². The quantitative estimate of drug-likeness (QED) is 0.116. The zero-order valence-corrected chi connectivity index (χ0v) is 43.8. The summed E-state index contributed by atoms with van der Waals surface area (Å²) in [5, 5.41) is 28.1. The molecule has 0 unspecified atom stereocenters. The van der Waals surface area contributed by atoms with Crippen molar-refractivity contribution in [1.29, 1.82) is 0 Å². The molecule has 0 spiro atoms. The van der Waals surface area contributed by atoms with Crippen molar-refractivity contribution in [2.75, 3.05) is 14.2 Å². The third-order valence-electron chi connectivity index (χ3n) is 14.0. The average Bonchev–Trinajstić information content (AvgIpc) is 4.09. The van der Waals surface area contributed by atoms with Gasteiger partial charge in [-0.05, 0) is 143 Å². The Bertz CT molecular complexity index is 3130. The molecule has 5 heterocycles. The monoisotopic (exact) mass is 940 g/mol. The molecule has 8 bridgehead atoms. The Morgan fingerprint density at radius 3 is 1.12 bits per heavy atom. The molecule has 3 aromatic heterocycles. The van der Waals surface area contributed by atoms with Gasteiger partial charge in [0.15, 0.2) is 0 Å². The summed E-state index contributed by atoms with van der Waals surface area (Å²) in [5.41, 5.74) is 18.8. The maximum Gasteiger partial charge on any atom is 2.00 e. The third kappa shape index (κ3) is 7.64. The van der Waals surface area contributed by atoms with Crippen LogP contribution in [0.5, 0.6) is 23.0 Å². The fraction of sp³-hybridized carbons (Fsp3) is 0.310. The summed E-state index contributed by atoms with van der Waals surface area (Å²) < 4.78 is 11.6. The summed E-state index contributed by atoms with van der Waals surface area (Å²) >= 11 is 0. The maximum atomic E-state index is 12.2. The number of nitrogens with zero attached hydrogens (tertiary/aromatic N) is 4. The number of aromatic nitrogens is 4. The molecule has 67 heavy (non-hydrogen) atoms. The average molecular weight is 943 g/mol. The number of benzene rings is 4. The number of hydrogen-bond acceptors (Lipinski definition) is 6. The molecule has 2 N–H and O–H groups in total. The number of rotatable bonds is 12. The van der Waals surface area contributed by atoms with E-state index in [1.807, 2.05) is 48.5 Å². The van der Waals surface area contributed by atoms with Crippen LogP contribution in [-0.2, 0) is 45.2 Å². The number of aromatic hydroxyl groups is 2. The van der Waals surface area contributed by atoms with Crippen molar-refractivity contribution in [3.63, 3.8) is 0 Å². The van der Waals surface area contributed by atoms with Gasteiger partial charge in [-0.1, -0.05) is 114 Å². The maximum absolute atomic E-state index is 12.2. The van der Waals surface area contributed by atoms with Gasteiger partial charge in [0.2, 0.25) is 0 Å². The first kappa shape index (κ1) is 47.3. The Labute approximate surface area is 407 Å². The number of phenols is 2. The molecule has 2 aliphatic heterocycles. The standard InChI is InChI=1S/C58H60N4O4.Zn/c1-11-35-39(15-5)55-53(51-43-27-33(65-9)23-19-31(43)21-25-49(51)63)56-41(17-7)37(13-3)47(61-56)30-48-38(14-4)42(18-8)58(62-48)54(52-44-28-34(66-10)24-20-32(44)22-26-50(52)64)57-40(16-6)36(12-2)46(60-57)29-45(35)59-55;/h19-30H,11-18H2,1-10H3,(H2-2,59,60,61,62,63,64);/q-2;+2. The van der Waals surface area contributed by atoms with Crippen LogP contribution in [0.15, 0.2) is 72.8 Å². The van der Waals surface area contributed by atoms with E-state index in [9.17, 15) is 10.2 Å². The molecule has 4 aromatic carbocycles. The Balaban J connectivity index is 0.00000608. The fourth-order valence-corrected chi connectivity index (χ4v) is 10.9. The van der Waals surface area contributed by atoms with Gasteiger partial charge in [-0.15, -0.1) is 22.1 Å². The third-order valence-corrected chi connectivity index (χ3v) is 14.0. The Morgan fingerprint density at radius 2 is 0.791 bits per heavy atom. The molecular formula is C58H60N4O4Zn. The summed E-state index contributed by atoms with van der Waals surface area (Å²) in [7, 11) is 3.35. The van der Waals surface area contributed by atoms with E-state index in [1.165, 1.54) is 0 Å². The largest absolute Gasteiger partial charge is 2.00 e. The van der Waals surface area contributed by atoms with Gasteiger partial charge in [0.05, 0.1) is 37.0 Å². The van der Waals surface area contributed by atoms with Crippen molar-refractivity contribution in [1.82, 2.24) is 19.9 Å². The SMILES string of the molecule is CCC1=C(CC)c2nc1cc1[n-]c(c(CC)c1CC)c(-c1c(O)ccc3ccc(OC)cc13)c1nc(cc3[n-]c(c(CC)c3CC)c2-c2c(O)ccc3ccc(OC)cc23)C(CC)=C1CC.[Zn+2]. The molecule has 0 aliphatic carbocycles. The normalized spacial score (nSPS) is 12.7. The molecule has 7 aromatic rings. The number of aryl methyl sites for hydroxylation is 4. The van der Waals surface area contributed by atoms with Crippen molar-refractivity contribution in [3.05, 3.63) is 118 Å². The molecule has 9 rings (SSSR count). The summed E-state index contributed by atoms with van der Waals surface area (Å²) in [5.74, 6) is 1.72. The number of hydrogen-bond donors (Lipinski definition) is 2. The van der Waals surface area contributed by atoms with Crippen LogP contribution in [0.4, 0.5) is 0 Å². The summed E-state index contributed by atoms with van der Waals surface area (Å²) in [6.45, 7) is 17.6. The number of ether oxygens (including phenoxy) is 2. The predicted octanol–water partition coefficient (Wildman–Crippen LogP) is 14.4. The van der Waals surface area contributed by atoms with Crippen LogP contribution in [0.25, 0.3) is 88.2 Å². The van der Waals surface area contributed by atoms with E-state index in [2.05, 4.69) is 67.5 Å². The second-order valence-electron chi connectivity index (χ2n) is 17.2. The van der Waals surface area contributed by atoms with Crippen molar-refractivity contribution >= 4 is 65.9 Å². The molecule has 0 amide bonds. The molecule has 0 saturated heterocycles. The van der Waals surface area contributed by atoms with E-state index < -0.39 is 0 Å². The van der Waals surface area contributed by atoms with Crippen LogP contribution in [0.1, 0.15) is 126 Å². The molecular weight excluding hydrogens is 882 g/mol.